The summed E-state index contributed by atoms with van der Waals surface area (Å²) in [4.78, 5) is 16.9. The van der Waals surface area contributed by atoms with Crippen molar-refractivity contribution in [2.24, 2.45) is 0 Å². The minimum atomic E-state index is -0.304. The molecular weight excluding hydrogens is 367 g/mol. The molecule has 26 heavy (non-hydrogen) atoms. The third-order valence-electron chi connectivity index (χ3n) is 4.16. The molecule has 1 N–H and O–H groups in total. The van der Waals surface area contributed by atoms with Crippen LogP contribution >= 0.6 is 23.2 Å². The van der Waals surface area contributed by atoms with Gasteiger partial charge in [0.15, 0.2) is 0 Å². The molecule has 3 nitrogen and oxygen atoms in total. The summed E-state index contributed by atoms with van der Waals surface area (Å²) < 4.78 is 0. The molecule has 1 aromatic heterocycles. The van der Waals surface area contributed by atoms with Crippen LogP contribution in [-0.2, 0) is 17.8 Å². The average Bonchev–Trinajstić information content (AvgIpc) is 2.67. The number of halogens is 2. The fraction of sp³-hybridized carbons (Fsp3) is 0.143. The molecule has 0 aliphatic rings. The van der Waals surface area contributed by atoms with Crippen molar-refractivity contribution < 1.29 is 4.79 Å². The number of rotatable bonds is 6. The molecule has 0 saturated heterocycles. The highest BCUT2D eigenvalue weighted by Crippen LogP contribution is 2.23. The Bertz CT molecular complexity index is 849. The highest BCUT2D eigenvalue weighted by molar-refractivity contribution is 6.30. The van der Waals surface area contributed by atoms with Gasteiger partial charge in [-0.2, -0.15) is 0 Å². The molecule has 3 rings (SSSR count). The number of aromatic nitrogens is 1. The second-order valence-electron chi connectivity index (χ2n) is 6.01. The average molecular weight is 385 g/mol. The zero-order valence-corrected chi connectivity index (χ0v) is 15.5. The molecule has 2 aromatic carbocycles. The lowest BCUT2D eigenvalue weighted by atomic mass is 9.91. The van der Waals surface area contributed by atoms with E-state index >= 15 is 0 Å². The Balaban J connectivity index is 1.76. The summed E-state index contributed by atoms with van der Waals surface area (Å²) in [6.07, 6.45) is 4.07. The van der Waals surface area contributed by atoms with E-state index in [9.17, 15) is 4.79 Å². The van der Waals surface area contributed by atoms with E-state index in [0.29, 0.717) is 23.0 Å². The van der Waals surface area contributed by atoms with E-state index in [2.05, 4.69) is 10.3 Å². The fourth-order valence-electron chi connectivity index (χ4n) is 2.73. The van der Waals surface area contributed by atoms with Gasteiger partial charge in [-0.25, -0.2) is 0 Å². The standard InChI is InChI=1S/C21H18Cl2N2O/c22-18-5-1-16(2-6-18)14-25-21(26)20(13-15-9-11-24-12-10-15)17-3-7-19(23)8-4-17/h1-12,20H,13-14H2,(H,25,26). The molecular formula is C21H18Cl2N2O. The third kappa shape index (κ3) is 5.07. The first-order valence-corrected chi connectivity index (χ1v) is 9.04. The van der Waals surface area contributed by atoms with E-state index < -0.39 is 0 Å². The summed E-state index contributed by atoms with van der Waals surface area (Å²) >= 11 is 11.9. The van der Waals surface area contributed by atoms with Crippen LogP contribution in [0, 0.1) is 0 Å². The second-order valence-corrected chi connectivity index (χ2v) is 6.88. The summed E-state index contributed by atoms with van der Waals surface area (Å²) in [5.41, 5.74) is 2.99. The van der Waals surface area contributed by atoms with Crippen LogP contribution in [0.2, 0.25) is 10.0 Å². The monoisotopic (exact) mass is 384 g/mol. The van der Waals surface area contributed by atoms with Gasteiger partial charge in [0.1, 0.15) is 0 Å². The zero-order valence-electron chi connectivity index (χ0n) is 14.0. The van der Waals surface area contributed by atoms with Crippen LogP contribution in [0.5, 0.6) is 0 Å². The van der Waals surface area contributed by atoms with Crippen molar-refractivity contribution in [1.29, 1.82) is 0 Å². The minimum absolute atomic E-state index is 0.0286. The van der Waals surface area contributed by atoms with Gasteiger partial charge in [0.25, 0.3) is 0 Å². The molecule has 1 atom stereocenters. The molecule has 0 fully saturated rings. The Morgan fingerprint density at radius 3 is 2.04 bits per heavy atom. The molecule has 0 saturated carbocycles. The predicted molar refractivity (Wildman–Crippen MR) is 105 cm³/mol. The zero-order chi connectivity index (χ0) is 18.4. The lowest BCUT2D eigenvalue weighted by Crippen LogP contribution is -2.30. The maximum Gasteiger partial charge on any atom is 0.228 e. The van der Waals surface area contributed by atoms with Gasteiger partial charge in [-0.3, -0.25) is 9.78 Å². The maximum absolute atomic E-state index is 12.9. The molecule has 5 heteroatoms. The maximum atomic E-state index is 12.9. The van der Waals surface area contributed by atoms with Gasteiger partial charge < -0.3 is 5.32 Å². The van der Waals surface area contributed by atoms with E-state index in [-0.39, 0.29) is 11.8 Å². The quantitative estimate of drug-likeness (QED) is 0.647. The van der Waals surface area contributed by atoms with Crippen molar-refractivity contribution in [3.05, 3.63) is 99.8 Å². The lowest BCUT2D eigenvalue weighted by molar-refractivity contribution is -0.122. The van der Waals surface area contributed by atoms with Crippen molar-refractivity contribution in [3.63, 3.8) is 0 Å². The van der Waals surface area contributed by atoms with Crippen LogP contribution in [0.3, 0.4) is 0 Å². The summed E-state index contributed by atoms with van der Waals surface area (Å²) in [6, 6.07) is 18.7. The van der Waals surface area contributed by atoms with Gasteiger partial charge in [-0.05, 0) is 59.5 Å². The number of amides is 1. The second kappa shape index (κ2) is 8.84. The molecule has 132 valence electrons. The molecule has 1 heterocycles. The third-order valence-corrected chi connectivity index (χ3v) is 4.66. The largest absolute Gasteiger partial charge is 0.351 e. The van der Waals surface area contributed by atoms with Gasteiger partial charge in [-0.15, -0.1) is 0 Å². The van der Waals surface area contributed by atoms with Crippen molar-refractivity contribution in [2.75, 3.05) is 0 Å². The van der Waals surface area contributed by atoms with Crippen LogP contribution in [0.15, 0.2) is 73.1 Å². The number of pyridine rings is 1. The van der Waals surface area contributed by atoms with Gasteiger partial charge in [0.2, 0.25) is 5.91 Å². The Morgan fingerprint density at radius 1 is 0.846 bits per heavy atom. The van der Waals surface area contributed by atoms with Crippen LogP contribution in [0.4, 0.5) is 0 Å². The first-order chi connectivity index (χ1) is 12.6. The molecule has 3 aromatic rings. The predicted octanol–water partition coefficient (Wildman–Crippen LogP) is 5.03. The van der Waals surface area contributed by atoms with E-state index in [1.54, 1.807) is 12.4 Å². The number of nitrogens with zero attached hydrogens (tertiary/aromatic N) is 1. The Morgan fingerprint density at radius 2 is 1.42 bits per heavy atom. The molecule has 1 unspecified atom stereocenters. The van der Waals surface area contributed by atoms with Crippen molar-refractivity contribution in [2.45, 2.75) is 18.9 Å². The molecule has 0 spiro atoms. The van der Waals surface area contributed by atoms with Crippen LogP contribution < -0.4 is 5.32 Å². The van der Waals surface area contributed by atoms with Gasteiger partial charge in [-0.1, -0.05) is 47.5 Å². The Labute approximate surface area is 163 Å². The summed E-state index contributed by atoms with van der Waals surface area (Å²) in [6.45, 7) is 0.455. The van der Waals surface area contributed by atoms with Crippen molar-refractivity contribution in [1.82, 2.24) is 10.3 Å². The van der Waals surface area contributed by atoms with E-state index in [4.69, 9.17) is 23.2 Å². The first kappa shape index (κ1) is 18.4. The van der Waals surface area contributed by atoms with Gasteiger partial charge >= 0.3 is 0 Å². The normalized spacial score (nSPS) is 11.8. The number of carbonyl (C=O) groups excluding carboxylic acids is 1. The Hall–Kier alpha value is -2.36. The highest BCUT2D eigenvalue weighted by atomic mass is 35.5. The van der Waals surface area contributed by atoms with Crippen molar-refractivity contribution >= 4 is 29.1 Å². The van der Waals surface area contributed by atoms with E-state index in [1.165, 1.54) is 0 Å². The first-order valence-electron chi connectivity index (χ1n) is 8.28. The topological polar surface area (TPSA) is 42.0 Å². The van der Waals surface area contributed by atoms with Crippen LogP contribution in [0.1, 0.15) is 22.6 Å². The lowest BCUT2D eigenvalue weighted by Gasteiger charge is -2.18. The fourth-order valence-corrected chi connectivity index (χ4v) is 2.98. The summed E-state index contributed by atoms with van der Waals surface area (Å²) in [5, 5.41) is 4.35. The number of hydrogen-bond acceptors (Lipinski definition) is 2. The van der Waals surface area contributed by atoms with Gasteiger partial charge in [0, 0.05) is 29.0 Å². The van der Waals surface area contributed by atoms with E-state index in [0.717, 1.165) is 16.7 Å². The molecule has 0 aliphatic carbocycles. The molecule has 1 amide bonds. The van der Waals surface area contributed by atoms with Crippen LogP contribution in [0.25, 0.3) is 0 Å². The number of benzene rings is 2. The van der Waals surface area contributed by atoms with Crippen LogP contribution in [-0.4, -0.2) is 10.9 Å². The highest BCUT2D eigenvalue weighted by Gasteiger charge is 2.21. The summed E-state index contributed by atoms with van der Waals surface area (Å²) in [5.74, 6) is -0.332. The Kier molecular flexibility index (Phi) is 6.26. The van der Waals surface area contributed by atoms with E-state index in [1.807, 2.05) is 60.7 Å². The number of carbonyl (C=O) groups is 1. The van der Waals surface area contributed by atoms with Gasteiger partial charge in [0.05, 0.1) is 5.92 Å². The smallest absolute Gasteiger partial charge is 0.228 e. The van der Waals surface area contributed by atoms with Crippen molar-refractivity contribution in [3.8, 4) is 0 Å². The molecule has 0 aliphatic heterocycles. The SMILES string of the molecule is O=C(NCc1ccc(Cl)cc1)C(Cc1ccncc1)c1ccc(Cl)cc1. The summed E-state index contributed by atoms with van der Waals surface area (Å²) in [7, 11) is 0. The number of hydrogen-bond donors (Lipinski definition) is 1. The minimum Gasteiger partial charge on any atom is -0.351 e. The molecule has 0 bridgehead atoms. The molecule has 0 radical (unpaired) electrons. The number of nitrogens with one attached hydrogen (secondary N) is 1.